The van der Waals surface area contributed by atoms with E-state index in [1.165, 1.54) is 12.8 Å². The maximum atomic E-state index is 12.5. The number of carbonyl (C=O) groups excluding carboxylic acids is 1. The molecule has 134 valence electrons. The smallest absolute Gasteiger partial charge is 0.251 e. The van der Waals surface area contributed by atoms with Crippen LogP contribution in [-0.2, 0) is 0 Å². The number of amides is 1. The third kappa shape index (κ3) is 4.22. The minimum Gasteiger partial charge on any atom is -0.497 e. The van der Waals surface area contributed by atoms with Crippen molar-refractivity contribution < 1.29 is 9.53 Å². The van der Waals surface area contributed by atoms with E-state index in [1.807, 2.05) is 18.2 Å². The van der Waals surface area contributed by atoms with Gasteiger partial charge in [0.15, 0.2) is 0 Å². The van der Waals surface area contributed by atoms with Crippen molar-refractivity contribution in [3.05, 3.63) is 65.2 Å². The molecule has 0 bridgehead atoms. The van der Waals surface area contributed by atoms with Crippen LogP contribution in [0, 0.1) is 11.3 Å². The lowest BCUT2D eigenvalue weighted by atomic mass is 10.0. The maximum absolute atomic E-state index is 12.5. The Morgan fingerprint density at radius 1 is 1.23 bits per heavy atom. The zero-order chi connectivity index (χ0) is 18.4. The minimum atomic E-state index is -0.124. The van der Waals surface area contributed by atoms with E-state index in [0.29, 0.717) is 17.7 Å². The molecule has 1 saturated heterocycles. The largest absolute Gasteiger partial charge is 0.497 e. The summed E-state index contributed by atoms with van der Waals surface area (Å²) < 4.78 is 5.35. The number of hydrogen-bond donors (Lipinski definition) is 1. The Kier molecular flexibility index (Phi) is 5.88. The maximum Gasteiger partial charge on any atom is 0.251 e. The molecular formula is C21H23N3O2. The monoisotopic (exact) mass is 349 g/mol. The first kappa shape index (κ1) is 18.0. The molecule has 1 amide bonds. The van der Waals surface area contributed by atoms with Crippen LogP contribution in [0.4, 0.5) is 0 Å². The average molecular weight is 349 g/mol. The van der Waals surface area contributed by atoms with Crippen LogP contribution in [0.15, 0.2) is 48.5 Å². The average Bonchev–Trinajstić information content (AvgIpc) is 3.22. The zero-order valence-electron chi connectivity index (χ0n) is 14.9. The summed E-state index contributed by atoms with van der Waals surface area (Å²) >= 11 is 0. The molecule has 0 aliphatic carbocycles. The van der Waals surface area contributed by atoms with Gasteiger partial charge in [0.05, 0.1) is 24.8 Å². The molecule has 0 radical (unpaired) electrons. The topological polar surface area (TPSA) is 65.4 Å². The van der Waals surface area contributed by atoms with Crippen molar-refractivity contribution >= 4 is 5.91 Å². The number of nitriles is 1. The first-order valence-electron chi connectivity index (χ1n) is 8.87. The molecule has 1 aliphatic rings. The lowest BCUT2D eigenvalue weighted by Gasteiger charge is -2.28. The number of ether oxygens (including phenoxy) is 1. The van der Waals surface area contributed by atoms with Crippen molar-refractivity contribution in [3.8, 4) is 11.8 Å². The highest BCUT2D eigenvalue weighted by atomic mass is 16.5. The van der Waals surface area contributed by atoms with E-state index < -0.39 is 0 Å². The Labute approximate surface area is 154 Å². The fraction of sp³-hybridized carbons (Fsp3) is 0.333. The van der Waals surface area contributed by atoms with Gasteiger partial charge >= 0.3 is 0 Å². The van der Waals surface area contributed by atoms with Gasteiger partial charge in [-0.1, -0.05) is 12.1 Å². The molecular weight excluding hydrogens is 326 g/mol. The van der Waals surface area contributed by atoms with E-state index in [1.54, 1.807) is 31.4 Å². The van der Waals surface area contributed by atoms with Crippen molar-refractivity contribution in [1.29, 1.82) is 5.26 Å². The van der Waals surface area contributed by atoms with E-state index in [2.05, 4.69) is 22.4 Å². The van der Waals surface area contributed by atoms with Gasteiger partial charge in [-0.05, 0) is 67.9 Å². The summed E-state index contributed by atoms with van der Waals surface area (Å²) in [5.41, 5.74) is 2.26. The highest BCUT2D eigenvalue weighted by Gasteiger charge is 2.24. The Morgan fingerprint density at radius 3 is 2.62 bits per heavy atom. The number of methoxy groups -OCH3 is 1. The predicted molar refractivity (Wildman–Crippen MR) is 100 cm³/mol. The normalized spacial score (nSPS) is 15.2. The molecule has 5 nitrogen and oxygen atoms in total. The molecule has 3 rings (SSSR count). The van der Waals surface area contributed by atoms with Gasteiger partial charge < -0.3 is 10.1 Å². The van der Waals surface area contributed by atoms with Crippen LogP contribution in [0.5, 0.6) is 5.75 Å². The van der Waals surface area contributed by atoms with Crippen LogP contribution in [0.3, 0.4) is 0 Å². The second-order valence-corrected chi connectivity index (χ2v) is 6.43. The second-order valence-electron chi connectivity index (χ2n) is 6.43. The first-order chi connectivity index (χ1) is 12.7. The highest BCUT2D eigenvalue weighted by Crippen LogP contribution is 2.27. The van der Waals surface area contributed by atoms with Gasteiger partial charge in [-0.25, -0.2) is 0 Å². The molecule has 1 heterocycles. The summed E-state index contributed by atoms with van der Waals surface area (Å²) in [6, 6.07) is 16.9. The number of likely N-dealkylation sites (tertiary alicyclic amines) is 1. The standard InChI is InChI=1S/C21H23N3O2/c1-26-19-6-4-5-18(13-19)20(24-11-2-3-12-24)15-23-21(25)17-9-7-16(14-22)8-10-17/h4-10,13,20H,2-3,11-12,15H2,1H3,(H,23,25)/t20-/m0/s1. The molecule has 1 fully saturated rings. The van der Waals surface area contributed by atoms with Crippen molar-refractivity contribution in [2.24, 2.45) is 0 Å². The van der Waals surface area contributed by atoms with Crippen LogP contribution in [-0.4, -0.2) is 37.6 Å². The minimum absolute atomic E-state index is 0.120. The second kappa shape index (κ2) is 8.50. The number of carbonyl (C=O) groups is 1. The fourth-order valence-corrected chi connectivity index (χ4v) is 3.35. The van der Waals surface area contributed by atoms with Gasteiger partial charge in [-0.3, -0.25) is 9.69 Å². The molecule has 0 unspecified atom stereocenters. The van der Waals surface area contributed by atoms with Crippen LogP contribution >= 0.6 is 0 Å². The summed E-state index contributed by atoms with van der Waals surface area (Å²) in [4.78, 5) is 14.9. The van der Waals surface area contributed by atoms with E-state index in [0.717, 1.165) is 24.4 Å². The van der Waals surface area contributed by atoms with E-state index in [4.69, 9.17) is 10.00 Å². The third-order valence-electron chi connectivity index (χ3n) is 4.79. The summed E-state index contributed by atoms with van der Waals surface area (Å²) in [5, 5.41) is 11.9. The molecule has 2 aromatic carbocycles. The molecule has 0 aromatic heterocycles. The van der Waals surface area contributed by atoms with Gasteiger partial charge in [-0.2, -0.15) is 5.26 Å². The number of rotatable bonds is 6. The van der Waals surface area contributed by atoms with E-state index >= 15 is 0 Å². The lowest BCUT2D eigenvalue weighted by Crippen LogP contribution is -2.36. The summed E-state index contributed by atoms with van der Waals surface area (Å²) in [5.74, 6) is 0.701. The van der Waals surface area contributed by atoms with Crippen molar-refractivity contribution in [2.45, 2.75) is 18.9 Å². The Bertz CT molecular complexity index is 790. The van der Waals surface area contributed by atoms with Crippen molar-refractivity contribution in [2.75, 3.05) is 26.7 Å². The summed E-state index contributed by atoms with van der Waals surface area (Å²) in [6.07, 6.45) is 2.37. The van der Waals surface area contributed by atoms with Crippen LogP contribution < -0.4 is 10.1 Å². The first-order valence-corrected chi connectivity index (χ1v) is 8.87. The molecule has 0 spiro atoms. The van der Waals surface area contributed by atoms with E-state index in [9.17, 15) is 4.79 Å². The Hall–Kier alpha value is -2.84. The number of nitrogens with one attached hydrogen (secondary N) is 1. The predicted octanol–water partition coefficient (Wildman–Crippen LogP) is 3.13. The van der Waals surface area contributed by atoms with Gasteiger partial charge in [0.2, 0.25) is 0 Å². The van der Waals surface area contributed by atoms with Gasteiger partial charge in [-0.15, -0.1) is 0 Å². The molecule has 5 heteroatoms. The number of hydrogen-bond acceptors (Lipinski definition) is 4. The van der Waals surface area contributed by atoms with Gasteiger partial charge in [0.1, 0.15) is 5.75 Å². The van der Waals surface area contributed by atoms with Crippen LogP contribution in [0.25, 0.3) is 0 Å². The van der Waals surface area contributed by atoms with Crippen LogP contribution in [0.2, 0.25) is 0 Å². The van der Waals surface area contributed by atoms with Crippen molar-refractivity contribution in [3.63, 3.8) is 0 Å². The molecule has 26 heavy (non-hydrogen) atoms. The Balaban J connectivity index is 1.73. The van der Waals surface area contributed by atoms with Crippen molar-refractivity contribution in [1.82, 2.24) is 10.2 Å². The Morgan fingerprint density at radius 2 is 1.96 bits per heavy atom. The van der Waals surface area contributed by atoms with E-state index in [-0.39, 0.29) is 11.9 Å². The number of nitrogens with zero attached hydrogens (tertiary/aromatic N) is 2. The molecule has 0 saturated carbocycles. The third-order valence-corrected chi connectivity index (χ3v) is 4.79. The summed E-state index contributed by atoms with van der Waals surface area (Å²) in [7, 11) is 1.66. The lowest BCUT2D eigenvalue weighted by molar-refractivity contribution is 0.0938. The molecule has 2 aromatic rings. The molecule has 1 N–H and O–H groups in total. The van der Waals surface area contributed by atoms with Gasteiger partial charge in [0, 0.05) is 12.1 Å². The van der Waals surface area contributed by atoms with Crippen LogP contribution in [0.1, 0.15) is 40.4 Å². The summed E-state index contributed by atoms with van der Waals surface area (Å²) in [6.45, 7) is 2.61. The SMILES string of the molecule is COc1cccc([C@H](CNC(=O)c2ccc(C#N)cc2)N2CCCC2)c1. The van der Waals surface area contributed by atoms with Gasteiger partial charge in [0.25, 0.3) is 5.91 Å². The zero-order valence-corrected chi connectivity index (χ0v) is 14.9. The quantitative estimate of drug-likeness (QED) is 0.870. The molecule has 1 aliphatic heterocycles. The highest BCUT2D eigenvalue weighted by molar-refractivity contribution is 5.94. The fourth-order valence-electron chi connectivity index (χ4n) is 3.35. The number of benzene rings is 2. The molecule has 1 atom stereocenters.